The van der Waals surface area contributed by atoms with E-state index in [1.165, 1.54) is 6.92 Å². The first-order valence-corrected chi connectivity index (χ1v) is 8.20. The van der Waals surface area contributed by atoms with Gasteiger partial charge in [0.15, 0.2) is 6.10 Å². The number of imidazole rings is 1. The highest BCUT2D eigenvalue weighted by Crippen LogP contribution is 2.39. The van der Waals surface area contributed by atoms with Crippen molar-refractivity contribution in [2.24, 2.45) is 0 Å². The number of nitrogens with one attached hydrogen (secondary N) is 1. The van der Waals surface area contributed by atoms with Crippen LogP contribution in [0.2, 0.25) is 0 Å². The zero-order valence-electron chi connectivity index (χ0n) is 14.3. The molecule has 140 valence electrons. The molecule has 1 N–H and O–H groups in total. The molecule has 0 aliphatic heterocycles. The summed E-state index contributed by atoms with van der Waals surface area (Å²) in [6.07, 6.45) is -2.05. The topological polar surface area (TPSA) is 72.7 Å². The van der Waals surface area contributed by atoms with Crippen molar-refractivity contribution in [3.8, 4) is 0 Å². The molecule has 3 rings (SSSR count). The molecule has 0 unspecified atom stereocenters. The van der Waals surface area contributed by atoms with Crippen LogP contribution in [0.4, 0.5) is 13.2 Å². The fourth-order valence-corrected chi connectivity index (χ4v) is 2.73. The largest absolute Gasteiger partial charge is 0.449 e. The normalized spacial score (nSPS) is 15.7. The first kappa shape index (κ1) is 18.2. The number of hydrogen-bond donors (Lipinski definition) is 1. The van der Waals surface area contributed by atoms with E-state index in [1.807, 2.05) is 4.40 Å². The average molecular weight is 369 g/mol. The summed E-state index contributed by atoms with van der Waals surface area (Å²) in [4.78, 5) is 28.4. The van der Waals surface area contributed by atoms with E-state index in [2.05, 4.69) is 4.98 Å². The van der Waals surface area contributed by atoms with Crippen molar-refractivity contribution in [2.75, 3.05) is 6.54 Å². The SMILES string of the molecule is Cc1c(C(=O)O[C@@H](C)C(=O)NCC(F)(F)F)ccc2cnc(C3CC3)n12. The number of carbonyl (C=O) groups excluding carboxylic acids is 2. The van der Waals surface area contributed by atoms with E-state index in [1.54, 1.807) is 30.6 Å². The van der Waals surface area contributed by atoms with Crippen LogP contribution in [0.25, 0.3) is 5.52 Å². The van der Waals surface area contributed by atoms with E-state index in [0.29, 0.717) is 11.6 Å². The van der Waals surface area contributed by atoms with Crippen molar-refractivity contribution in [1.29, 1.82) is 0 Å². The summed E-state index contributed by atoms with van der Waals surface area (Å²) in [5.41, 5.74) is 1.71. The Morgan fingerprint density at radius 3 is 2.69 bits per heavy atom. The minimum absolute atomic E-state index is 0.243. The molecular formula is C17H18F3N3O3. The van der Waals surface area contributed by atoms with Crippen molar-refractivity contribution in [3.63, 3.8) is 0 Å². The maximum absolute atomic E-state index is 12.4. The number of halogens is 3. The molecular weight excluding hydrogens is 351 g/mol. The number of rotatable bonds is 5. The minimum atomic E-state index is -4.53. The van der Waals surface area contributed by atoms with Crippen LogP contribution in [0.15, 0.2) is 18.3 Å². The van der Waals surface area contributed by atoms with E-state index in [-0.39, 0.29) is 5.56 Å². The van der Waals surface area contributed by atoms with Crippen LogP contribution in [0.5, 0.6) is 0 Å². The van der Waals surface area contributed by atoms with Gasteiger partial charge in [-0.15, -0.1) is 0 Å². The first-order valence-electron chi connectivity index (χ1n) is 8.20. The number of esters is 1. The van der Waals surface area contributed by atoms with Gasteiger partial charge in [0.25, 0.3) is 5.91 Å². The summed E-state index contributed by atoms with van der Waals surface area (Å²) in [5, 5.41) is 1.70. The molecule has 2 aromatic heterocycles. The third-order valence-corrected chi connectivity index (χ3v) is 4.24. The molecule has 2 heterocycles. The minimum Gasteiger partial charge on any atom is -0.449 e. The number of ether oxygens (including phenoxy) is 1. The first-order chi connectivity index (χ1) is 12.2. The Kier molecular flexibility index (Phi) is 4.64. The Balaban J connectivity index is 1.74. The molecule has 1 aliphatic carbocycles. The van der Waals surface area contributed by atoms with Crippen molar-refractivity contribution >= 4 is 17.4 Å². The number of alkyl halides is 3. The molecule has 6 nitrogen and oxygen atoms in total. The maximum Gasteiger partial charge on any atom is 0.405 e. The van der Waals surface area contributed by atoms with Crippen LogP contribution >= 0.6 is 0 Å². The molecule has 1 aliphatic rings. The second kappa shape index (κ2) is 6.62. The Bertz CT molecular complexity index is 856. The smallest absolute Gasteiger partial charge is 0.405 e. The quantitative estimate of drug-likeness (QED) is 0.823. The van der Waals surface area contributed by atoms with Gasteiger partial charge in [-0.3, -0.25) is 9.20 Å². The predicted molar refractivity (Wildman–Crippen MR) is 85.8 cm³/mol. The number of aryl methyl sites for hydroxylation is 1. The van der Waals surface area contributed by atoms with Gasteiger partial charge in [0.2, 0.25) is 0 Å². The number of aromatic nitrogens is 2. The summed E-state index contributed by atoms with van der Waals surface area (Å²) in [6, 6.07) is 3.28. The highest BCUT2D eigenvalue weighted by Gasteiger charge is 2.31. The van der Waals surface area contributed by atoms with Crippen LogP contribution in [-0.2, 0) is 9.53 Å². The van der Waals surface area contributed by atoms with Crippen molar-refractivity contribution in [1.82, 2.24) is 14.7 Å². The lowest BCUT2D eigenvalue weighted by molar-refractivity contribution is -0.143. The van der Waals surface area contributed by atoms with Gasteiger partial charge in [0.05, 0.1) is 17.3 Å². The predicted octanol–water partition coefficient (Wildman–Crippen LogP) is 2.74. The van der Waals surface area contributed by atoms with Crippen LogP contribution < -0.4 is 5.32 Å². The number of carbonyl (C=O) groups is 2. The lowest BCUT2D eigenvalue weighted by atomic mass is 10.2. The average Bonchev–Trinajstić information content (AvgIpc) is 3.31. The van der Waals surface area contributed by atoms with Crippen LogP contribution in [0.3, 0.4) is 0 Å². The van der Waals surface area contributed by atoms with Crippen LogP contribution in [0.1, 0.15) is 47.6 Å². The Morgan fingerprint density at radius 1 is 1.38 bits per heavy atom. The number of hydrogen-bond acceptors (Lipinski definition) is 4. The highest BCUT2D eigenvalue weighted by atomic mass is 19.4. The molecule has 1 saturated carbocycles. The second-order valence-electron chi connectivity index (χ2n) is 6.36. The summed E-state index contributed by atoms with van der Waals surface area (Å²) < 4.78 is 43.4. The molecule has 9 heteroatoms. The summed E-state index contributed by atoms with van der Waals surface area (Å²) in [6.45, 7) is 1.49. The van der Waals surface area contributed by atoms with E-state index in [9.17, 15) is 22.8 Å². The molecule has 1 fully saturated rings. The van der Waals surface area contributed by atoms with E-state index < -0.39 is 30.7 Å². The van der Waals surface area contributed by atoms with Gasteiger partial charge in [0, 0.05) is 11.6 Å². The second-order valence-corrected chi connectivity index (χ2v) is 6.36. The third kappa shape index (κ3) is 3.81. The zero-order valence-corrected chi connectivity index (χ0v) is 14.3. The molecule has 26 heavy (non-hydrogen) atoms. The van der Waals surface area contributed by atoms with E-state index >= 15 is 0 Å². The molecule has 2 aromatic rings. The van der Waals surface area contributed by atoms with Gasteiger partial charge < -0.3 is 10.1 Å². The third-order valence-electron chi connectivity index (χ3n) is 4.24. The molecule has 0 spiro atoms. The monoisotopic (exact) mass is 369 g/mol. The van der Waals surface area contributed by atoms with E-state index in [0.717, 1.165) is 24.2 Å². The lowest BCUT2D eigenvalue weighted by Gasteiger charge is -2.16. The number of fused-ring (bicyclic) bond motifs is 1. The van der Waals surface area contributed by atoms with Crippen LogP contribution in [0, 0.1) is 6.92 Å². The molecule has 0 radical (unpaired) electrons. The standard InChI is InChI=1S/C17H18F3N3O3/c1-9-13(6-5-12-7-21-14(23(9)12)11-3-4-11)16(25)26-10(2)15(24)22-8-17(18,19)20/h5-7,10-11H,3-4,8H2,1-2H3,(H,22,24)/t10-/m0/s1. The molecule has 1 amide bonds. The summed E-state index contributed by atoms with van der Waals surface area (Å²) in [5.74, 6) is -0.525. The number of nitrogens with zero attached hydrogens (tertiary/aromatic N) is 2. The zero-order chi connectivity index (χ0) is 19.1. The Hall–Kier alpha value is -2.58. The highest BCUT2D eigenvalue weighted by molar-refractivity contribution is 5.93. The Morgan fingerprint density at radius 2 is 2.08 bits per heavy atom. The van der Waals surface area contributed by atoms with Gasteiger partial charge in [-0.25, -0.2) is 9.78 Å². The van der Waals surface area contributed by atoms with Crippen LogP contribution in [-0.4, -0.2) is 40.1 Å². The number of pyridine rings is 1. The van der Waals surface area contributed by atoms with Gasteiger partial charge >= 0.3 is 12.1 Å². The van der Waals surface area contributed by atoms with Gasteiger partial charge in [-0.05, 0) is 38.8 Å². The Labute approximate surface area is 147 Å². The van der Waals surface area contributed by atoms with E-state index in [4.69, 9.17) is 4.74 Å². The maximum atomic E-state index is 12.4. The fourth-order valence-electron chi connectivity index (χ4n) is 2.73. The van der Waals surface area contributed by atoms with Gasteiger partial charge in [0.1, 0.15) is 12.4 Å². The number of amides is 1. The van der Waals surface area contributed by atoms with Crippen molar-refractivity contribution in [2.45, 2.75) is 44.9 Å². The van der Waals surface area contributed by atoms with Gasteiger partial charge in [-0.2, -0.15) is 13.2 Å². The molecule has 0 aromatic carbocycles. The molecule has 1 atom stereocenters. The van der Waals surface area contributed by atoms with Gasteiger partial charge in [-0.1, -0.05) is 0 Å². The summed E-state index contributed by atoms with van der Waals surface area (Å²) in [7, 11) is 0. The summed E-state index contributed by atoms with van der Waals surface area (Å²) >= 11 is 0. The van der Waals surface area contributed by atoms with Crippen molar-refractivity contribution < 1.29 is 27.5 Å². The lowest BCUT2D eigenvalue weighted by Crippen LogP contribution is -2.40. The van der Waals surface area contributed by atoms with Crippen molar-refractivity contribution in [3.05, 3.63) is 35.4 Å². The fraction of sp³-hybridized carbons (Fsp3) is 0.471. The molecule has 0 bridgehead atoms. The molecule has 0 saturated heterocycles.